The van der Waals surface area contributed by atoms with E-state index in [0.29, 0.717) is 25.3 Å². The first-order valence-electron chi connectivity index (χ1n) is 7.19. The van der Waals surface area contributed by atoms with Crippen LogP contribution in [-0.4, -0.2) is 43.3 Å². The summed E-state index contributed by atoms with van der Waals surface area (Å²) in [4.78, 5) is 2.53. The molecule has 1 aromatic rings. The van der Waals surface area contributed by atoms with Gasteiger partial charge < -0.3 is 14.8 Å². The third kappa shape index (κ3) is 2.80. The van der Waals surface area contributed by atoms with Gasteiger partial charge in [-0.05, 0) is 31.5 Å². The molecule has 1 saturated heterocycles. The molecule has 5 heteroatoms. The van der Waals surface area contributed by atoms with Crippen molar-refractivity contribution in [2.24, 2.45) is 0 Å². The summed E-state index contributed by atoms with van der Waals surface area (Å²) in [6, 6.07) is 5.22. The predicted octanol–water partition coefficient (Wildman–Crippen LogP) is 2.40. The number of rotatable bonds is 2. The zero-order valence-corrected chi connectivity index (χ0v) is 13.6. The number of ether oxygens (including phenoxy) is 2. The Bertz CT molecular complexity index is 485. The first-order valence-corrected chi connectivity index (χ1v) is 7.99. The highest BCUT2D eigenvalue weighted by Crippen LogP contribution is 2.36. The summed E-state index contributed by atoms with van der Waals surface area (Å²) in [6.45, 7) is 8.84. The van der Waals surface area contributed by atoms with Gasteiger partial charge in [-0.15, -0.1) is 0 Å². The van der Waals surface area contributed by atoms with Crippen LogP contribution < -0.4 is 14.8 Å². The number of hydrogen-bond donors (Lipinski definition) is 1. The highest BCUT2D eigenvalue weighted by atomic mass is 79.9. The van der Waals surface area contributed by atoms with E-state index in [0.717, 1.165) is 35.6 Å². The molecular weight excluding hydrogens is 320 g/mol. The molecule has 0 spiro atoms. The second-order valence-corrected chi connectivity index (χ2v) is 6.47. The zero-order valence-electron chi connectivity index (χ0n) is 12.0. The smallest absolute Gasteiger partial charge is 0.162 e. The fourth-order valence-corrected chi connectivity index (χ4v) is 3.35. The van der Waals surface area contributed by atoms with Gasteiger partial charge in [-0.3, -0.25) is 4.90 Å². The highest BCUT2D eigenvalue weighted by Gasteiger charge is 2.25. The first kappa shape index (κ1) is 14.2. The number of nitrogens with zero attached hydrogens (tertiary/aromatic N) is 1. The largest absolute Gasteiger partial charge is 0.486 e. The van der Waals surface area contributed by atoms with Gasteiger partial charge in [-0.2, -0.15) is 0 Å². The van der Waals surface area contributed by atoms with Gasteiger partial charge in [0.1, 0.15) is 13.2 Å². The van der Waals surface area contributed by atoms with E-state index in [1.54, 1.807) is 0 Å². The molecule has 2 atom stereocenters. The Morgan fingerprint density at radius 1 is 1.15 bits per heavy atom. The van der Waals surface area contributed by atoms with Crippen LogP contribution in [-0.2, 0) is 6.54 Å². The summed E-state index contributed by atoms with van der Waals surface area (Å²) in [7, 11) is 0. The van der Waals surface area contributed by atoms with Crippen LogP contribution in [0.3, 0.4) is 0 Å². The summed E-state index contributed by atoms with van der Waals surface area (Å²) in [6.07, 6.45) is 0. The number of hydrogen-bond acceptors (Lipinski definition) is 4. The van der Waals surface area contributed by atoms with Gasteiger partial charge in [0.2, 0.25) is 0 Å². The lowest BCUT2D eigenvalue weighted by molar-refractivity contribution is 0.108. The fraction of sp³-hybridized carbons (Fsp3) is 0.600. The molecule has 1 aromatic carbocycles. The van der Waals surface area contributed by atoms with Crippen LogP contribution in [0.25, 0.3) is 0 Å². The Hall–Kier alpha value is -0.780. The molecule has 0 saturated carbocycles. The van der Waals surface area contributed by atoms with E-state index in [1.165, 1.54) is 5.56 Å². The lowest BCUT2D eigenvalue weighted by Crippen LogP contribution is -2.54. The second-order valence-electron chi connectivity index (χ2n) is 5.62. The van der Waals surface area contributed by atoms with E-state index in [1.807, 2.05) is 6.07 Å². The van der Waals surface area contributed by atoms with E-state index in [2.05, 4.69) is 46.1 Å². The molecule has 1 N–H and O–H groups in total. The number of benzene rings is 1. The van der Waals surface area contributed by atoms with Crippen LogP contribution in [0, 0.1) is 0 Å². The van der Waals surface area contributed by atoms with E-state index in [9.17, 15) is 0 Å². The molecule has 2 aliphatic rings. The monoisotopic (exact) mass is 340 g/mol. The van der Waals surface area contributed by atoms with Crippen LogP contribution in [0.5, 0.6) is 11.5 Å². The van der Waals surface area contributed by atoms with Crippen molar-refractivity contribution in [3.05, 3.63) is 22.2 Å². The summed E-state index contributed by atoms with van der Waals surface area (Å²) in [5, 5.41) is 3.47. The summed E-state index contributed by atoms with van der Waals surface area (Å²) in [5.74, 6) is 1.71. The van der Waals surface area contributed by atoms with Gasteiger partial charge in [0.05, 0.1) is 0 Å². The van der Waals surface area contributed by atoms with E-state index in [4.69, 9.17) is 9.47 Å². The normalized spacial score (nSPS) is 26.6. The molecule has 2 unspecified atom stereocenters. The van der Waals surface area contributed by atoms with Crippen molar-refractivity contribution in [2.45, 2.75) is 32.5 Å². The molecule has 2 heterocycles. The maximum absolute atomic E-state index is 5.69. The maximum atomic E-state index is 5.69. The van der Waals surface area contributed by atoms with Crippen molar-refractivity contribution in [1.29, 1.82) is 0 Å². The minimum absolute atomic E-state index is 0.541. The number of halogens is 1. The van der Waals surface area contributed by atoms with Gasteiger partial charge in [0.15, 0.2) is 11.5 Å². The van der Waals surface area contributed by atoms with Crippen molar-refractivity contribution in [3.63, 3.8) is 0 Å². The molecular formula is C15H21BrN2O2. The Morgan fingerprint density at radius 3 is 2.40 bits per heavy atom. The minimum Gasteiger partial charge on any atom is -0.486 e. The SMILES string of the molecule is CC1CNCC(C)N1Cc1cc2c(cc1Br)OCCO2. The third-order valence-corrected chi connectivity index (χ3v) is 4.81. The summed E-state index contributed by atoms with van der Waals surface area (Å²) >= 11 is 3.66. The average Bonchev–Trinajstić information content (AvgIpc) is 2.43. The Balaban J connectivity index is 1.83. The predicted molar refractivity (Wildman–Crippen MR) is 82.5 cm³/mol. The quantitative estimate of drug-likeness (QED) is 0.896. The van der Waals surface area contributed by atoms with Gasteiger partial charge in [0, 0.05) is 36.2 Å². The number of piperazine rings is 1. The molecule has 0 aromatic heterocycles. The molecule has 20 heavy (non-hydrogen) atoms. The maximum Gasteiger partial charge on any atom is 0.162 e. The van der Waals surface area contributed by atoms with Gasteiger partial charge in [-0.1, -0.05) is 15.9 Å². The number of fused-ring (bicyclic) bond motifs is 1. The highest BCUT2D eigenvalue weighted by molar-refractivity contribution is 9.10. The Morgan fingerprint density at radius 2 is 1.75 bits per heavy atom. The molecule has 3 rings (SSSR count). The van der Waals surface area contributed by atoms with Crippen LogP contribution in [0.4, 0.5) is 0 Å². The van der Waals surface area contributed by atoms with Crippen LogP contribution >= 0.6 is 15.9 Å². The first-order chi connectivity index (χ1) is 9.65. The lowest BCUT2D eigenvalue weighted by atomic mass is 10.1. The van der Waals surface area contributed by atoms with Crippen molar-refractivity contribution in [3.8, 4) is 11.5 Å². The lowest BCUT2D eigenvalue weighted by Gasteiger charge is -2.39. The van der Waals surface area contributed by atoms with E-state index >= 15 is 0 Å². The molecule has 4 nitrogen and oxygen atoms in total. The van der Waals surface area contributed by atoms with Crippen LogP contribution in [0.2, 0.25) is 0 Å². The molecule has 0 amide bonds. The molecule has 0 radical (unpaired) electrons. The van der Waals surface area contributed by atoms with Crippen molar-refractivity contribution < 1.29 is 9.47 Å². The molecule has 1 fully saturated rings. The zero-order chi connectivity index (χ0) is 14.1. The van der Waals surface area contributed by atoms with Crippen molar-refractivity contribution >= 4 is 15.9 Å². The average molecular weight is 341 g/mol. The Labute approximate surface area is 128 Å². The van der Waals surface area contributed by atoms with Crippen molar-refractivity contribution in [2.75, 3.05) is 26.3 Å². The van der Waals surface area contributed by atoms with E-state index in [-0.39, 0.29) is 0 Å². The van der Waals surface area contributed by atoms with E-state index < -0.39 is 0 Å². The van der Waals surface area contributed by atoms with Gasteiger partial charge >= 0.3 is 0 Å². The Kier molecular flexibility index (Phi) is 4.19. The summed E-state index contributed by atoms with van der Waals surface area (Å²) in [5.41, 5.74) is 1.26. The summed E-state index contributed by atoms with van der Waals surface area (Å²) < 4.78 is 12.4. The molecule has 110 valence electrons. The minimum atomic E-state index is 0.541. The standard InChI is InChI=1S/C15H21BrN2O2/c1-10-7-17-8-11(2)18(10)9-12-5-14-15(6-13(12)16)20-4-3-19-14/h5-6,10-11,17H,3-4,7-9H2,1-2H3. The third-order valence-electron chi connectivity index (χ3n) is 4.08. The molecule has 0 aliphatic carbocycles. The van der Waals surface area contributed by atoms with Crippen LogP contribution in [0.1, 0.15) is 19.4 Å². The van der Waals surface area contributed by atoms with Gasteiger partial charge in [-0.25, -0.2) is 0 Å². The fourth-order valence-electron chi connectivity index (χ4n) is 2.91. The van der Waals surface area contributed by atoms with Crippen LogP contribution in [0.15, 0.2) is 16.6 Å². The topological polar surface area (TPSA) is 33.7 Å². The second kappa shape index (κ2) is 5.92. The molecule has 0 bridgehead atoms. The number of nitrogens with one attached hydrogen (secondary N) is 1. The van der Waals surface area contributed by atoms with Crippen molar-refractivity contribution in [1.82, 2.24) is 10.2 Å². The van der Waals surface area contributed by atoms with Gasteiger partial charge in [0.25, 0.3) is 0 Å². The molecule has 2 aliphatic heterocycles.